The van der Waals surface area contributed by atoms with E-state index in [4.69, 9.17) is 4.74 Å². The van der Waals surface area contributed by atoms with Crippen LogP contribution in [0.4, 0.5) is 5.69 Å². The summed E-state index contributed by atoms with van der Waals surface area (Å²) in [6.45, 7) is 8.65. The van der Waals surface area contributed by atoms with Crippen LogP contribution in [-0.2, 0) is 34.0 Å². The predicted octanol–water partition coefficient (Wildman–Crippen LogP) is 3.84. The normalized spacial score (nSPS) is 18.2. The first kappa shape index (κ1) is 26.4. The molecule has 0 N–H and O–H groups in total. The van der Waals surface area contributed by atoms with Gasteiger partial charge in [-0.1, -0.05) is 31.4 Å². The smallest absolute Gasteiger partial charge is 0.223 e. The molecule has 36 heavy (non-hydrogen) atoms. The number of carbonyl (C=O) groups excluding carboxylic acids is 2. The molecule has 0 saturated carbocycles. The number of morpholine rings is 1. The number of rotatable bonds is 6. The molecule has 1 aromatic carbocycles. The summed E-state index contributed by atoms with van der Waals surface area (Å²) >= 11 is 0. The quantitative estimate of drug-likeness (QED) is 0.609. The fourth-order valence-electron chi connectivity index (χ4n) is 5.14. The van der Waals surface area contributed by atoms with E-state index >= 15 is 0 Å². The summed E-state index contributed by atoms with van der Waals surface area (Å²) in [5, 5.41) is 4.24. The van der Waals surface area contributed by atoms with Gasteiger partial charge in [-0.05, 0) is 42.5 Å². The number of hydrogen-bond donors (Lipinski definition) is 0. The Morgan fingerprint density at radius 1 is 1.00 bits per heavy atom. The number of aromatic nitrogens is 2. The van der Waals surface area contributed by atoms with Gasteiger partial charge in [-0.25, -0.2) is 0 Å². The fourth-order valence-corrected chi connectivity index (χ4v) is 5.14. The standard InChI is InChI=1S/C28H41N5O3/c1-24(34)33-16-6-4-2-3-5-13-31(28(35)9-7-14-32-15-8-12-29-32)23-26-11-10-25(21-27(26)33)22-30-17-19-36-20-18-30/h8,10-12,15,21H,2-7,9,13-14,16-20,22-23H2,1H3. The van der Waals surface area contributed by atoms with Crippen molar-refractivity contribution in [1.82, 2.24) is 19.6 Å². The number of carbonyl (C=O) groups is 2. The van der Waals surface area contributed by atoms with Crippen molar-refractivity contribution in [2.24, 2.45) is 0 Å². The summed E-state index contributed by atoms with van der Waals surface area (Å²) in [6, 6.07) is 8.39. The average Bonchev–Trinajstić information content (AvgIpc) is 3.39. The van der Waals surface area contributed by atoms with E-state index in [-0.39, 0.29) is 11.8 Å². The third kappa shape index (κ3) is 7.64. The molecule has 8 heteroatoms. The number of fused-ring (bicyclic) bond motifs is 1. The lowest BCUT2D eigenvalue weighted by Gasteiger charge is -2.30. The van der Waals surface area contributed by atoms with Crippen LogP contribution in [0.5, 0.6) is 0 Å². The Kier molecular flexibility index (Phi) is 9.93. The van der Waals surface area contributed by atoms with Crippen molar-refractivity contribution in [3.8, 4) is 0 Å². The van der Waals surface area contributed by atoms with E-state index in [2.05, 4.69) is 28.2 Å². The van der Waals surface area contributed by atoms with Gasteiger partial charge in [0.2, 0.25) is 11.8 Å². The summed E-state index contributed by atoms with van der Waals surface area (Å²) in [4.78, 5) is 32.4. The van der Waals surface area contributed by atoms with Crippen LogP contribution in [0.1, 0.15) is 63.0 Å². The highest BCUT2D eigenvalue weighted by Gasteiger charge is 2.22. The monoisotopic (exact) mass is 495 g/mol. The van der Waals surface area contributed by atoms with Gasteiger partial charge in [-0.2, -0.15) is 5.10 Å². The SMILES string of the molecule is CC(=O)N1CCCCCCCN(C(=O)CCCn2cccn2)Cc2ccc(CN3CCOCC3)cc21. The number of nitrogens with zero attached hydrogens (tertiary/aromatic N) is 5. The van der Waals surface area contributed by atoms with E-state index in [0.717, 1.165) is 102 Å². The zero-order valence-corrected chi connectivity index (χ0v) is 21.7. The first-order valence-corrected chi connectivity index (χ1v) is 13.6. The molecule has 0 unspecified atom stereocenters. The van der Waals surface area contributed by atoms with Crippen LogP contribution in [-0.4, -0.2) is 70.8 Å². The highest BCUT2D eigenvalue weighted by molar-refractivity contribution is 5.92. The summed E-state index contributed by atoms with van der Waals surface area (Å²) < 4.78 is 7.38. The number of ether oxygens (including phenoxy) is 1. The van der Waals surface area contributed by atoms with Crippen molar-refractivity contribution in [3.05, 3.63) is 47.8 Å². The van der Waals surface area contributed by atoms with Gasteiger partial charge < -0.3 is 14.5 Å². The summed E-state index contributed by atoms with van der Waals surface area (Å²) in [7, 11) is 0. The lowest BCUT2D eigenvalue weighted by atomic mass is 10.0. The molecule has 0 bridgehead atoms. The van der Waals surface area contributed by atoms with Crippen LogP contribution in [0, 0.1) is 0 Å². The molecule has 0 spiro atoms. The van der Waals surface area contributed by atoms with Crippen LogP contribution < -0.4 is 4.90 Å². The third-order valence-electron chi connectivity index (χ3n) is 7.19. The van der Waals surface area contributed by atoms with Gasteiger partial charge in [-0.15, -0.1) is 0 Å². The molecule has 1 fully saturated rings. The number of benzene rings is 1. The van der Waals surface area contributed by atoms with Gasteiger partial charge in [0, 0.05) is 77.2 Å². The van der Waals surface area contributed by atoms with Crippen LogP contribution in [0.25, 0.3) is 0 Å². The van der Waals surface area contributed by atoms with E-state index in [0.29, 0.717) is 13.0 Å². The Bertz CT molecular complexity index is 972. The second kappa shape index (κ2) is 13.6. The first-order chi connectivity index (χ1) is 17.6. The van der Waals surface area contributed by atoms with Crippen molar-refractivity contribution < 1.29 is 14.3 Å². The zero-order valence-electron chi connectivity index (χ0n) is 21.7. The fraction of sp³-hybridized carbons (Fsp3) is 0.607. The van der Waals surface area contributed by atoms with E-state index in [9.17, 15) is 9.59 Å². The lowest BCUT2D eigenvalue weighted by molar-refractivity contribution is -0.132. The molecule has 0 aliphatic carbocycles. The molecule has 0 radical (unpaired) electrons. The van der Waals surface area contributed by atoms with Crippen LogP contribution in [0.2, 0.25) is 0 Å². The molecule has 1 saturated heterocycles. The Morgan fingerprint density at radius 2 is 1.78 bits per heavy atom. The molecule has 8 nitrogen and oxygen atoms in total. The Morgan fingerprint density at radius 3 is 2.53 bits per heavy atom. The van der Waals surface area contributed by atoms with Gasteiger partial charge in [0.25, 0.3) is 0 Å². The lowest BCUT2D eigenvalue weighted by Crippen LogP contribution is -2.36. The molecule has 196 valence electrons. The predicted molar refractivity (Wildman–Crippen MR) is 141 cm³/mol. The maximum Gasteiger partial charge on any atom is 0.223 e. The van der Waals surface area contributed by atoms with Crippen LogP contribution in [0.3, 0.4) is 0 Å². The van der Waals surface area contributed by atoms with Crippen molar-refractivity contribution >= 4 is 17.5 Å². The molecular formula is C28H41N5O3. The second-order valence-corrected chi connectivity index (χ2v) is 9.98. The zero-order chi connectivity index (χ0) is 25.2. The molecule has 1 aromatic heterocycles. The first-order valence-electron chi connectivity index (χ1n) is 13.6. The highest BCUT2D eigenvalue weighted by atomic mass is 16.5. The molecule has 2 amide bonds. The minimum Gasteiger partial charge on any atom is -0.379 e. The Balaban J connectivity index is 1.53. The van der Waals surface area contributed by atoms with Crippen molar-refractivity contribution in [3.63, 3.8) is 0 Å². The number of anilines is 1. The summed E-state index contributed by atoms with van der Waals surface area (Å²) in [5.41, 5.74) is 3.21. The third-order valence-corrected chi connectivity index (χ3v) is 7.19. The molecule has 2 aliphatic rings. The van der Waals surface area contributed by atoms with Crippen molar-refractivity contribution in [2.75, 3.05) is 44.3 Å². The summed E-state index contributed by atoms with van der Waals surface area (Å²) in [5.74, 6) is 0.242. The summed E-state index contributed by atoms with van der Waals surface area (Å²) in [6.07, 6.45) is 10.3. The minimum absolute atomic E-state index is 0.0638. The van der Waals surface area contributed by atoms with Gasteiger partial charge >= 0.3 is 0 Å². The molecule has 0 atom stereocenters. The largest absolute Gasteiger partial charge is 0.379 e. The number of amides is 2. The average molecular weight is 496 g/mol. The number of aryl methyl sites for hydroxylation is 1. The minimum atomic E-state index is 0.0638. The van der Waals surface area contributed by atoms with Gasteiger partial charge in [0.1, 0.15) is 0 Å². The Hall–Kier alpha value is -2.71. The van der Waals surface area contributed by atoms with Crippen molar-refractivity contribution in [1.29, 1.82) is 0 Å². The van der Waals surface area contributed by atoms with E-state index in [1.54, 1.807) is 13.1 Å². The van der Waals surface area contributed by atoms with Crippen molar-refractivity contribution in [2.45, 2.75) is 71.5 Å². The van der Waals surface area contributed by atoms with Gasteiger partial charge in [0.15, 0.2) is 0 Å². The molecule has 2 aromatic rings. The molecule has 4 rings (SSSR count). The maximum absolute atomic E-state index is 13.3. The van der Waals surface area contributed by atoms with Gasteiger partial charge in [0.05, 0.1) is 13.2 Å². The topological polar surface area (TPSA) is 70.9 Å². The maximum atomic E-state index is 13.3. The number of hydrogen-bond acceptors (Lipinski definition) is 5. The molecular weight excluding hydrogens is 454 g/mol. The van der Waals surface area contributed by atoms with Gasteiger partial charge in [-0.3, -0.25) is 19.2 Å². The van der Waals surface area contributed by atoms with Crippen LogP contribution >= 0.6 is 0 Å². The Labute approximate surface area is 215 Å². The van der Waals surface area contributed by atoms with E-state index in [1.165, 1.54) is 5.56 Å². The highest BCUT2D eigenvalue weighted by Crippen LogP contribution is 2.27. The van der Waals surface area contributed by atoms with Crippen LogP contribution in [0.15, 0.2) is 36.7 Å². The molecule has 3 heterocycles. The molecule has 2 aliphatic heterocycles. The van der Waals surface area contributed by atoms with E-state index < -0.39 is 0 Å². The second-order valence-electron chi connectivity index (χ2n) is 9.98. The van der Waals surface area contributed by atoms with E-state index in [1.807, 2.05) is 26.7 Å².